The van der Waals surface area contributed by atoms with Gasteiger partial charge in [0.1, 0.15) is 0 Å². The van der Waals surface area contributed by atoms with Crippen LogP contribution in [0.3, 0.4) is 0 Å². The first-order chi connectivity index (χ1) is 7.24. The molecule has 5 nitrogen and oxygen atoms in total. The second-order valence-electron chi connectivity index (χ2n) is 3.01. The van der Waals surface area contributed by atoms with E-state index in [1.165, 1.54) is 13.3 Å². The fraction of sp³-hybridized carbons (Fsp3) is 0.600. The number of aryl methyl sites for hydroxylation is 1. The summed E-state index contributed by atoms with van der Waals surface area (Å²) in [5, 5.41) is 4.07. The van der Waals surface area contributed by atoms with Crippen LogP contribution >= 0.6 is 0 Å². The smallest absolute Gasteiger partial charge is 0.360 e. The highest BCUT2D eigenvalue weighted by atomic mass is 16.5. The Bertz CT molecular complexity index is 333. The van der Waals surface area contributed by atoms with Gasteiger partial charge in [-0.15, -0.1) is 0 Å². The fourth-order valence-corrected chi connectivity index (χ4v) is 1.30. The first-order valence-electron chi connectivity index (χ1n) is 5.01. The van der Waals surface area contributed by atoms with Gasteiger partial charge in [0, 0.05) is 6.54 Å². The van der Waals surface area contributed by atoms with E-state index in [9.17, 15) is 4.79 Å². The summed E-state index contributed by atoms with van der Waals surface area (Å²) in [4.78, 5) is 11.6. The van der Waals surface area contributed by atoms with Crippen LogP contribution in [0, 0.1) is 0 Å². The molecule has 15 heavy (non-hydrogen) atoms. The molecule has 0 amide bonds. The van der Waals surface area contributed by atoms with E-state index < -0.39 is 0 Å². The molecule has 1 rings (SSSR count). The molecule has 0 unspecified atom stereocenters. The van der Waals surface area contributed by atoms with Gasteiger partial charge in [0.15, 0.2) is 11.4 Å². The Hall–Kier alpha value is -1.52. The highest BCUT2D eigenvalue weighted by Gasteiger charge is 2.19. The Morgan fingerprint density at radius 2 is 2.27 bits per heavy atom. The maximum atomic E-state index is 11.6. The Labute approximate surface area is 89.0 Å². The van der Waals surface area contributed by atoms with Gasteiger partial charge in [-0.05, 0) is 13.3 Å². The summed E-state index contributed by atoms with van der Waals surface area (Å²) >= 11 is 0. The summed E-state index contributed by atoms with van der Waals surface area (Å²) in [5.41, 5.74) is 0.390. The molecule has 0 aliphatic rings. The number of ether oxygens (including phenoxy) is 2. The number of aromatic nitrogens is 2. The van der Waals surface area contributed by atoms with E-state index in [2.05, 4.69) is 5.10 Å². The van der Waals surface area contributed by atoms with E-state index in [0.29, 0.717) is 24.6 Å². The SMILES string of the molecule is CCCn1ncc(OC)c1C(=O)OCC. The Kier molecular flexibility index (Phi) is 4.15. The zero-order valence-corrected chi connectivity index (χ0v) is 9.32. The summed E-state index contributed by atoms with van der Waals surface area (Å²) in [6.45, 7) is 4.81. The molecule has 0 atom stereocenters. The Morgan fingerprint density at radius 1 is 1.53 bits per heavy atom. The van der Waals surface area contributed by atoms with Crippen molar-refractivity contribution in [3.63, 3.8) is 0 Å². The number of hydrogen-bond acceptors (Lipinski definition) is 4. The molecule has 84 valence electrons. The zero-order chi connectivity index (χ0) is 11.3. The summed E-state index contributed by atoms with van der Waals surface area (Å²) in [5.74, 6) is 0.0715. The number of hydrogen-bond donors (Lipinski definition) is 0. The highest BCUT2D eigenvalue weighted by molar-refractivity contribution is 5.90. The molecule has 0 N–H and O–H groups in total. The third-order valence-electron chi connectivity index (χ3n) is 1.93. The molecule has 0 saturated carbocycles. The summed E-state index contributed by atoms with van der Waals surface area (Å²) in [6.07, 6.45) is 2.43. The molecule has 0 aliphatic carbocycles. The quantitative estimate of drug-likeness (QED) is 0.694. The second kappa shape index (κ2) is 5.38. The maximum Gasteiger partial charge on any atom is 0.360 e. The van der Waals surface area contributed by atoms with Crippen LogP contribution in [0.1, 0.15) is 30.8 Å². The molecule has 5 heteroatoms. The fourth-order valence-electron chi connectivity index (χ4n) is 1.30. The van der Waals surface area contributed by atoms with Crippen LogP contribution in [0.15, 0.2) is 6.20 Å². The van der Waals surface area contributed by atoms with Gasteiger partial charge in [0.2, 0.25) is 0 Å². The van der Waals surface area contributed by atoms with Gasteiger partial charge in [-0.2, -0.15) is 5.10 Å². The van der Waals surface area contributed by atoms with Crippen molar-refractivity contribution in [2.24, 2.45) is 0 Å². The van der Waals surface area contributed by atoms with Gasteiger partial charge < -0.3 is 9.47 Å². The van der Waals surface area contributed by atoms with Gasteiger partial charge in [0.25, 0.3) is 0 Å². The van der Waals surface area contributed by atoms with E-state index in [1.54, 1.807) is 11.6 Å². The van der Waals surface area contributed by atoms with Crippen molar-refractivity contribution in [1.82, 2.24) is 9.78 Å². The number of nitrogens with zero attached hydrogens (tertiary/aromatic N) is 2. The van der Waals surface area contributed by atoms with Crippen LogP contribution in [0.2, 0.25) is 0 Å². The second-order valence-corrected chi connectivity index (χ2v) is 3.01. The summed E-state index contributed by atoms with van der Waals surface area (Å²) in [6, 6.07) is 0. The van der Waals surface area contributed by atoms with Crippen LogP contribution < -0.4 is 4.74 Å². The van der Waals surface area contributed by atoms with E-state index in [4.69, 9.17) is 9.47 Å². The van der Waals surface area contributed by atoms with Gasteiger partial charge in [-0.3, -0.25) is 4.68 Å². The maximum absolute atomic E-state index is 11.6. The van der Waals surface area contributed by atoms with Crippen LogP contribution in [0.25, 0.3) is 0 Å². The van der Waals surface area contributed by atoms with Crippen molar-refractivity contribution >= 4 is 5.97 Å². The van der Waals surface area contributed by atoms with E-state index in [-0.39, 0.29) is 5.97 Å². The number of carbonyl (C=O) groups is 1. The average molecular weight is 212 g/mol. The third kappa shape index (κ3) is 2.49. The molecule has 1 heterocycles. The molecule has 0 spiro atoms. The highest BCUT2D eigenvalue weighted by Crippen LogP contribution is 2.18. The predicted octanol–water partition coefficient (Wildman–Crippen LogP) is 1.48. The molecule has 0 bridgehead atoms. The van der Waals surface area contributed by atoms with E-state index in [1.807, 2.05) is 6.92 Å². The lowest BCUT2D eigenvalue weighted by molar-refractivity contribution is 0.0508. The minimum absolute atomic E-state index is 0.347. The molecule has 1 aromatic heterocycles. The van der Waals surface area contributed by atoms with Gasteiger partial charge in [-0.1, -0.05) is 6.92 Å². The van der Waals surface area contributed by atoms with Crippen molar-refractivity contribution in [2.75, 3.05) is 13.7 Å². The van der Waals surface area contributed by atoms with E-state index in [0.717, 1.165) is 6.42 Å². The first kappa shape index (κ1) is 11.6. The topological polar surface area (TPSA) is 53.4 Å². The van der Waals surface area contributed by atoms with Gasteiger partial charge in [0.05, 0.1) is 19.9 Å². The van der Waals surface area contributed by atoms with Crippen molar-refractivity contribution in [2.45, 2.75) is 26.8 Å². The lowest BCUT2D eigenvalue weighted by atomic mass is 10.4. The monoisotopic (exact) mass is 212 g/mol. The van der Waals surface area contributed by atoms with Crippen LogP contribution in [0.5, 0.6) is 5.75 Å². The molecular weight excluding hydrogens is 196 g/mol. The lowest BCUT2D eigenvalue weighted by Crippen LogP contribution is -2.14. The van der Waals surface area contributed by atoms with Gasteiger partial charge in [-0.25, -0.2) is 4.79 Å². The normalized spacial score (nSPS) is 10.1. The zero-order valence-electron chi connectivity index (χ0n) is 9.32. The lowest BCUT2D eigenvalue weighted by Gasteiger charge is -2.06. The molecule has 0 radical (unpaired) electrons. The minimum Gasteiger partial charge on any atom is -0.493 e. The molecule has 0 aromatic carbocycles. The number of rotatable bonds is 5. The van der Waals surface area contributed by atoms with Crippen molar-refractivity contribution in [3.05, 3.63) is 11.9 Å². The van der Waals surface area contributed by atoms with E-state index >= 15 is 0 Å². The number of methoxy groups -OCH3 is 1. The third-order valence-corrected chi connectivity index (χ3v) is 1.93. The Balaban J connectivity index is 2.98. The number of carbonyl (C=O) groups excluding carboxylic acids is 1. The molecule has 0 fully saturated rings. The van der Waals surface area contributed by atoms with Crippen molar-refractivity contribution < 1.29 is 14.3 Å². The number of esters is 1. The summed E-state index contributed by atoms with van der Waals surface area (Å²) in [7, 11) is 1.51. The average Bonchev–Trinajstić information content (AvgIpc) is 2.62. The van der Waals surface area contributed by atoms with Crippen molar-refractivity contribution in [1.29, 1.82) is 0 Å². The first-order valence-corrected chi connectivity index (χ1v) is 5.01. The largest absolute Gasteiger partial charge is 0.493 e. The van der Waals surface area contributed by atoms with Gasteiger partial charge >= 0.3 is 5.97 Å². The molecule has 1 aromatic rings. The standard InChI is InChI=1S/C10H16N2O3/c1-4-6-12-9(10(13)15-5-2)8(14-3)7-11-12/h7H,4-6H2,1-3H3. The molecule has 0 saturated heterocycles. The van der Waals surface area contributed by atoms with Crippen LogP contribution in [0.4, 0.5) is 0 Å². The molecular formula is C10H16N2O3. The Morgan fingerprint density at radius 3 is 2.80 bits per heavy atom. The minimum atomic E-state index is -0.389. The van der Waals surface area contributed by atoms with Crippen LogP contribution in [-0.2, 0) is 11.3 Å². The van der Waals surface area contributed by atoms with Crippen molar-refractivity contribution in [3.8, 4) is 5.75 Å². The molecule has 0 aliphatic heterocycles. The summed E-state index contributed by atoms with van der Waals surface area (Å²) < 4.78 is 11.6. The van der Waals surface area contributed by atoms with Crippen LogP contribution in [-0.4, -0.2) is 29.5 Å². The predicted molar refractivity (Wildman–Crippen MR) is 55.0 cm³/mol.